The van der Waals surface area contributed by atoms with Gasteiger partial charge in [0.1, 0.15) is 5.70 Å². The zero-order valence-electron chi connectivity index (χ0n) is 15.0. The van der Waals surface area contributed by atoms with E-state index in [0.717, 1.165) is 4.90 Å². The Kier molecular flexibility index (Phi) is 5.66. The smallest absolute Gasteiger partial charge is 0.333 e. The molecule has 0 atom stereocenters. The number of urea groups is 1. The minimum absolute atomic E-state index is 0.136. The molecule has 1 saturated heterocycles. The molecule has 0 unspecified atom stereocenters. The molecule has 27 heavy (non-hydrogen) atoms. The van der Waals surface area contributed by atoms with Gasteiger partial charge in [0.2, 0.25) is 0 Å². The third-order valence-electron chi connectivity index (χ3n) is 3.86. The molecule has 0 radical (unpaired) electrons. The Morgan fingerprint density at radius 3 is 2.30 bits per heavy atom. The summed E-state index contributed by atoms with van der Waals surface area (Å²) >= 11 is 6.34. The summed E-state index contributed by atoms with van der Waals surface area (Å²) < 4.78 is 11.1. The number of hydrogen-bond donors (Lipinski definition) is 1. The molecule has 0 aromatic heterocycles. The number of hydrogen-bond acceptors (Lipinski definition) is 4. The number of benzene rings is 2. The van der Waals surface area contributed by atoms with E-state index in [1.165, 1.54) is 6.08 Å². The number of halogens is 1. The first-order valence-electron chi connectivity index (χ1n) is 8.56. The molecular weight excluding hydrogens is 368 g/mol. The molecule has 0 bridgehead atoms. The number of amides is 3. The average Bonchev–Trinajstić information content (AvgIpc) is 2.93. The summed E-state index contributed by atoms with van der Waals surface area (Å²) in [6.07, 6.45) is 1.53. The predicted octanol–water partition coefficient (Wildman–Crippen LogP) is 4.23. The highest BCUT2D eigenvalue weighted by atomic mass is 35.5. The quantitative estimate of drug-likeness (QED) is 0.595. The molecule has 0 saturated carbocycles. The van der Waals surface area contributed by atoms with Crippen LogP contribution in [0.3, 0.4) is 0 Å². The van der Waals surface area contributed by atoms with Crippen LogP contribution in [0.1, 0.15) is 19.4 Å². The van der Waals surface area contributed by atoms with Crippen molar-refractivity contribution in [2.75, 3.05) is 18.1 Å². The lowest BCUT2D eigenvalue weighted by molar-refractivity contribution is -0.113. The van der Waals surface area contributed by atoms with Crippen LogP contribution >= 0.6 is 11.6 Å². The number of ether oxygens (including phenoxy) is 2. The SMILES string of the molecule is CCOc1cc(Cl)c(/C=C2/NC(=O)N(c3ccccc3)C2=O)cc1OCC. The standard InChI is InChI=1S/C20H19ClN2O4/c1-3-26-17-11-13(15(21)12-18(17)27-4-2)10-16-19(24)23(20(25)22-16)14-8-6-5-7-9-14/h5-12H,3-4H2,1-2H3,(H,22,25)/b16-10+. The van der Waals surface area contributed by atoms with E-state index in [4.69, 9.17) is 21.1 Å². The van der Waals surface area contributed by atoms with Gasteiger partial charge in [-0.25, -0.2) is 9.69 Å². The zero-order valence-corrected chi connectivity index (χ0v) is 15.7. The van der Waals surface area contributed by atoms with Crippen molar-refractivity contribution >= 4 is 35.3 Å². The second kappa shape index (κ2) is 8.14. The highest BCUT2D eigenvalue weighted by Gasteiger charge is 2.34. The van der Waals surface area contributed by atoms with Gasteiger partial charge in [-0.05, 0) is 43.7 Å². The van der Waals surface area contributed by atoms with E-state index in [-0.39, 0.29) is 5.70 Å². The third kappa shape index (κ3) is 3.90. The number of rotatable bonds is 6. The van der Waals surface area contributed by atoms with Gasteiger partial charge in [-0.15, -0.1) is 0 Å². The van der Waals surface area contributed by atoms with Crippen molar-refractivity contribution in [3.63, 3.8) is 0 Å². The summed E-state index contributed by atoms with van der Waals surface area (Å²) in [6.45, 7) is 4.65. The molecule has 1 fully saturated rings. The summed E-state index contributed by atoms with van der Waals surface area (Å²) in [4.78, 5) is 26.0. The molecule has 0 spiro atoms. The maximum atomic E-state index is 12.7. The molecule has 3 rings (SSSR count). The normalized spacial score (nSPS) is 15.2. The van der Waals surface area contributed by atoms with Crippen molar-refractivity contribution in [2.45, 2.75) is 13.8 Å². The molecule has 2 aromatic carbocycles. The molecule has 1 N–H and O–H groups in total. The summed E-state index contributed by atoms with van der Waals surface area (Å²) in [5.74, 6) is 0.598. The summed E-state index contributed by atoms with van der Waals surface area (Å²) in [5, 5.41) is 2.97. The van der Waals surface area contributed by atoms with E-state index < -0.39 is 11.9 Å². The molecule has 3 amide bonds. The number of para-hydroxylation sites is 1. The van der Waals surface area contributed by atoms with Crippen molar-refractivity contribution in [1.82, 2.24) is 5.32 Å². The summed E-state index contributed by atoms with van der Waals surface area (Å²) in [7, 11) is 0. The number of imide groups is 1. The second-order valence-corrected chi connectivity index (χ2v) is 6.06. The lowest BCUT2D eigenvalue weighted by Crippen LogP contribution is -2.30. The average molecular weight is 387 g/mol. The fraction of sp³-hybridized carbons (Fsp3) is 0.200. The highest BCUT2D eigenvalue weighted by Crippen LogP contribution is 2.35. The minimum atomic E-state index is -0.510. The second-order valence-electron chi connectivity index (χ2n) is 5.65. The van der Waals surface area contributed by atoms with Crippen LogP contribution in [0.25, 0.3) is 6.08 Å². The number of anilines is 1. The molecule has 7 heteroatoms. The Morgan fingerprint density at radius 2 is 1.67 bits per heavy atom. The van der Waals surface area contributed by atoms with Crippen molar-refractivity contribution < 1.29 is 19.1 Å². The molecule has 0 aliphatic carbocycles. The number of nitrogens with one attached hydrogen (secondary N) is 1. The summed E-state index contributed by atoms with van der Waals surface area (Å²) in [6, 6.07) is 11.5. The Hall–Kier alpha value is -2.99. The van der Waals surface area contributed by atoms with Gasteiger partial charge in [0.05, 0.1) is 23.9 Å². The van der Waals surface area contributed by atoms with Gasteiger partial charge in [0.15, 0.2) is 11.5 Å². The van der Waals surface area contributed by atoms with Gasteiger partial charge < -0.3 is 14.8 Å². The molecule has 1 aliphatic rings. The predicted molar refractivity (Wildman–Crippen MR) is 104 cm³/mol. The lowest BCUT2D eigenvalue weighted by Gasteiger charge is -2.13. The zero-order chi connectivity index (χ0) is 19.4. The van der Waals surface area contributed by atoms with E-state index >= 15 is 0 Å². The Labute approximate surface area is 162 Å². The van der Waals surface area contributed by atoms with E-state index in [0.29, 0.717) is 41.0 Å². The van der Waals surface area contributed by atoms with E-state index in [9.17, 15) is 9.59 Å². The van der Waals surface area contributed by atoms with Gasteiger partial charge in [0.25, 0.3) is 5.91 Å². The fourth-order valence-corrected chi connectivity index (χ4v) is 2.91. The van der Waals surface area contributed by atoms with Gasteiger partial charge in [-0.3, -0.25) is 4.79 Å². The van der Waals surface area contributed by atoms with Crippen molar-refractivity contribution in [3.05, 3.63) is 58.7 Å². The number of carbonyl (C=O) groups is 2. The number of carbonyl (C=O) groups excluding carboxylic acids is 2. The minimum Gasteiger partial charge on any atom is -0.490 e. The first-order valence-corrected chi connectivity index (χ1v) is 8.94. The maximum absolute atomic E-state index is 12.7. The van der Waals surface area contributed by atoms with Crippen LogP contribution < -0.4 is 19.7 Å². The topological polar surface area (TPSA) is 67.9 Å². The van der Waals surface area contributed by atoms with Gasteiger partial charge >= 0.3 is 6.03 Å². The van der Waals surface area contributed by atoms with Crippen LogP contribution in [-0.2, 0) is 4.79 Å². The van der Waals surface area contributed by atoms with Gasteiger partial charge in [-0.2, -0.15) is 0 Å². The van der Waals surface area contributed by atoms with Crippen molar-refractivity contribution in [3.8, 4) is 11.5 Å². The Bertz CT molecular complexity index is 896. The van der Waals surface area contributed by atoms with Crippen LogP contribution in [0.5, 0.6) is 11.5 Å². The monoisotopic (exact) mass is 386 g/mol. The Balaban J connectivity index is 1.96. The lowest BCUT2D eigenvalue weighted by atomic mass is 10.1. The fourth-order valence-electron chi connectivity index (χ4n) is 2.70. The maximum Gasteiger partial charge on any atom is 0.333 e. The Morgan fingerprint density at radius 1 is 1.04 bits per heavy atom. The van der Waals surface area contributed by atoms with Crippen molar-refractivity contribution in [1.29, 1.82) is 0 Å². The first kappa shape index (κ1) is 18.8. The van der Waals surface area contributed by atoms with Crippen LogP contribution in [0.4, 0.5) is 10.5 Å². The van der Waals surface area contributed by atoms with E-state index in [1.54, 1.807) is 36.4 Å². The van der Waals surface area contributed by atoms with Crippen LogP contribution in [0.2, 0.25) is 5.02 Å². The van der Waals surface area contributed by atoms with Crippen LogP contribution in [0.15, 0.2) is 48.2 Å². The van der Waals surface area contributed by atoms with Crippen LogP contribution in [0, 0.1) is 0 Å². The number of nitrogens with zero attached hydrogens (tertiary/aromatic N) is 1. The van der Waals surface area contributed by atoms with E-state index in [1.807, 2.05) is 19.9 Å². The molecule has 1 aliphatic heterocycles. The molecule has 140 valence electrons. The first-order chi connectivity index (χ1) is 13.0. The molecule has 2 aromatic rings. The van der Waals surface area contributed by atoms with E-state index in [2.05, 4.69) is 5.32 Å². The van der Waals surface area contributed by atoms with Crippen LogP contribution in [-0.4, -0.2) is 25.2 Å². The van der Waals surface area contributed by atoms with Crippen molar-refractivity contribution in [2.24, 2.45) is 0 Å². The molecular formula is C20H19ClN2O4. The summed E-state index contributed by atoms with van der Waals surface area (Å²) in [5.41, 5.74) is 1.18. The molecule has 6 nitrogen and oxygen atoms in total. The largest absolute Gasteiger partial charge is 0.490 e. The molecule has 1 heterocycles. The highest BCUT2D eigenvalue weighted by molar-refractivity contribution is 6.33. The van der Waals surface area contributed by atoms with Gasteiger partial charge in [0, 0.05) is 6.07 Å². The van der Waals surface area contributed by atoms with Gasteiger partial charge in [-0.1, -0.05) is 29.8 Å². The third-order valence-corrected chi connectivity index (χ3v) is 4.18.